The molecule has 1 aromatic carbocycles. The third kappa shape index (κ3) is 3.76. The number of H-pyrrole nitrogens is 1. The van der Waals surface area contributed by atoms with Gasteiger partial charge in [0.15, 0.2) is 0 Å². The zero-order valence-corrected chi connectivity index (χ0v) is 15.1. The summed E-state index contributed by atoms with van der Waals surface area (Å²) in [6.07, 6.45) is 0. The lowest BCUT2D eigenvalue weighted by Gasteiger charge is -2.02. The Bertz CT molecular complexity index is 991. The van der Waals surface area contributed by atoms with Crippen molar-refractivity contribution in [2.75, 3.05) is 6.61 Å². The molecule has 3 rings (SSSR count). The molecule has 0 spiro atoms. The van der Waals surface area contributed by atoms with Crippen LogP contribution in [0.5, 0.6) is 0 Å². The number of aryl methyl sites for hydroxylation is 1. The minimum atomic E-state index is -0.472. The van der Waals surface area contributed by atoms with Gasteiger partial charge in [-0.05, 0) is 55.8 Å². The number of carbonyl (C=O) groups is 2. The number of hydrogen-bond donors (Lipinski definition) is 1. The third-order valence-corrected chi connectivity index (χ3v) is 4.04. The maximum Gasteiger partial charge on any atom is 0.340 e. The molecule has 0 aliphatic heterocycles. The van der Waals surface area contributed by atoms with Gasteiger partial charge in [0.05, 0.1) is 17.9 Å². The maximum atomic E-state index is 13.0. The Morgan fingerprint density at radius 1 is 1.22 bits per heavy atom. The number of tetrazole rings is 1. The third-order valence-electron chi connectivity index (χ3n) is 4.04. The van der Waals surface area contributed by atoms with Gasteiger partial charge in [-0.25, -0.2) is 9.18 Å². The number of rotatable bonds is 6. The smallest absolute Gasteiger partial charge is 0.340 e. The Kier molecular flexibility index (Phi) is 5.11. The van der Waals surface area contributed by atoms with Gasteiger partial charge in [-0.15, -0.1) is 10.2 Å². The lowest BCUT2D eigenvalue weighted by molar-refractivity contribution is 0.0525. The molecule has 27 heavy (non-hydrogen) atoms. The van der Waals surface area contributed by atoms with Crippen LogP contribution >= 0.6 is 0 Å². The minimum absolute atomic E-state index is 0.156. The van der Waals surface area contributed by atoms with Crippen LogP contribution in [0.25, 0.3) is 11.4 Å². The molecule has 0 aliphatic rings. The van der Waals surface area contributed by atoms with Crippen LogP contribution in [0.3, 0.4) is 0 Å². The average molecular weight is 371 g/mol. The van der Waals surface area contributed by atoms with Crippen LogP contribution in [0.4, 0.5) is 4.39 Å². The van der Waals surface area contributed by atoms with Gasteiger partial charge in [-0.1, -0.05) is 0 Å². The van der Waals surface area contributed by atoms with Crippen LogP contribution in [0.2, 0.25) is 0 Å². The van der Waals surface area contributed by atoms with Gasteiger partial charge in [0, 0.05) is 11.3 Å². The molecule has 0 unspecified atom stereocenters. The summed E-state index contributed by atoms with van der Waals surface area (Å²) in [5.41, 5.74) is 2.34. The van der Waals surface area contributed by atoms with Gasteiger partial charge in [-0.2, -0.15) is 4.80 Å². The second kappa shape index (κ2) is 7.48. The molecule has 2 aromatic heterocycles. The highest BCUT2D eigenvalue weighted by molar-refractivity contribution is 6.01. The monoisotopic (exact) mass is 371 g/mol. The van der Waals surface area contributed by atoms with Crippen LogP contribution in [-0.2, 0) is 11.3 Å². The van der Waals surface area contributed by atoms with E-state index < -0.39 is 5.97 Å². The Balaban J connectivity index is 1.79. The van der Waals surface area contributed by atoms with Gasteiger partial charge < -0.3 is 9.72 Å². The van der Waals surface area contributed by atoms with Gasteiger partial charge in [-0.3, -0.25) is 4.79 Å². The zero-order chi connectivity index (χ0) is 19.6. The summed E-state index contributed by atoms with van der Waals surface area (Å²) in [4.78, 5) is 28.7. The Morgan fingerprint density at radius 3 is 2.59 bits per heavy atom. The quantitative estimate of drug-likeness (QED) is 0.527. The number of nitrogens with one attached hydrogen (secondary N) is 1. The summed E-state index contributed by atoms with van der Waals surface area (Å²) in [6.45, 7) is 5.20. The summed E-state index contributed by atoms with van der Waals surface area (Å²) in [7, 11) is 0. The fourth-order valence-corrected chi connectivity index (χ4v) is 2.77. The number of nitrogens with zero attached hydrogens (tertiary/aromatic N) is 4. The first-order valence-electron chi connectivity index (χ1n) is 8.34. The number of ketones is 1. The summed E-state index contributed by atoms with van der Waals surface area (Å²) in [5, 5.41) is 11.9. The van der Waals surface area contributed by atoms with Crippen LogP contribution in [0.1, 0.15) is 39.0 Å². The Labute approximate surface area is 154 Å². The summed E-state index contributed by atoms with van der Waals surface area (Å²) < 4.78 is 18.0. The number of benzene rings is 1. The molecule has 0 saturated carbocycles. The van der Waals surface area contributed by atoms with Gasteiger partial charge in [0.1, 0.15) is 12.4 Å². The highest BCUT2D eigenvalue weighted by atomic mass is 19.1. The van der Waals surface area contributed by atoms with Crippen LogP contribution < -0.4 is 0 Å². The molecule has 9 heteroatoms. The van der Waals surface area contributed by atoms with E-state index in [4.69, 9.17) is 4.74 Å². The minimum Gasteiger partial charge on any atom is -0.462 e. The molecule has 0 radical (unpaired) electrons. The van der Waals surface area contributed by atoms with Crippen molar-refractivity contribution < 1.29 is 18.7 Å². The normalized spacial score (nSPS) is 10.8. The molecule has 8 nitrogen and oxygen atoms in total. The number of ether oxygens (including phenoxy) is 1. The summed E-state index contributed by atoms with van der Waals surface area (Å²) >= 11 is 0. The van der Waals surface area contributed by atoms with Crippen molar-refractivity contribution in [1.29, 1.82) is 0 Å². The first-order chi connectivity index (χ1) is 12.9. The number of hydrogen-bond acceptors (Lipinski definition) is 6. The highest BCUT2D eigenvalue weighted by Crippen LogP contribution is 2.20. The summed E-state index contributed by atoms with van der Waals surface area (Å²) in [5.74, 6) is -0.847. The first-order valence-corrected chi connectivity index (χ1v) is 8.34. The predicted molar refractivity (Wildman–Crippen MR) is 93.8 cm³/mol. The van der Waals surface area contributed by atoms with Crippen LogP contribution in [0, 0.1) is 19.7 Å². The van der Waals surface area contributed by atoms with Crippen molar-refractivity contribution in [2.24, 2.45) is 0 Å². The fourth-order valence-electron chi connectivity index (χ4n) is 2.77. The van der Waals surface area contributed by atoms with Crippen molar-refractivity contribution in [3.63, 3.8) is 0 Å². The molecule has 0 amide bonds. The molecule has 0 fully saturated rings. The van der Waals surface area contributed by atoms with Crippen molar-refractivity contribution in [3.05, 3.63) is 52.6 Å². The molecule has 0 bridgehead atoms. The van der Waals surface area contributed by atoms with E-state index in [9.17, 15) is 14.0 Å². The molecule has 3 aromatic rings. The molecule has 0 aliphatic carbocycles. The van der Waals surface area contributed by atoms with E-state index >= 15 is 0 Å². The molecule has 140 valence electrons. The number of Topliss-reactive ketones (excluding diaryl/α,β-unsaturated/α-hetero) is 1. The van der Waals surface area contributed by atoms with E-state index in [1.165, 1.54) is 24.3 Å². The van der Waals surface area contributed by atoms with Crippen molar-refractivity contribution in [3.8, 4) is 11.4 Å². The van der Waals surface area contributed by atoms with Crippen molar-refractivity contribution >= 4 is 11.8 Å². The molecular formula is C18H18FN5O3. The molecule has 2 heterocycles. The number of carbonyl (C=O) groups excluding carboxylic acids is 2. The zero-order valence-electron chi connectivity index (χ0n) is 15.1. The topological polar surface area (TPSA) is 103 Å². The van der Waals surface area contributed by atoms with Gasteiger partial charge in [0.2, 0.25) is 11.6 Å². The van der Waals surface area contributed by atoms with Crippen LogP contribution in [0.15, 0.2) is 24.3 Å². The highest BCUT2D eigenvalue weighted by Gasteiger charge is 2.23. The predicted octanol–water partition coefficient (Wildman–Crippen LogP) is 2.48. The van der Waals surface area contributed by atoms with E-state index in [1.807, 2.05) is 0 Å². The second-order valence-corrected chi connectivity index (χ2v) is 5.92. The largest absolute Gasteiger partial charge is 0.462 e. The molecule has 0 saturated heterocycles. The van der Waals surface area contributed by atoms with E-state index in [-0.39, 0.29) is 30.6 Å². The summed E-state index contributed by atoms with van der Waals surface area (Å²) in [6, 6.07) is 5.65. The second-order valence-electron chi connectivity index (χ2n) is 5.92. The standard InChI is InChI=1S/C18H18FN5O3/c1-4-27-18(26)15-10(2)16(20-11(15)3)14(25)9-24-22-17(21-23-24)12-5-7-13(19)8-6-12/h5-8,20H,4,9H2,1-3H3. The number of aromatic nitrogens is 5. The van der Waals surface area contributed by atoms with E-state index in [0.29, 0.717) is 28.1 Å². The molecular weight excluding hydrogens is 353 g/mol. The molecule has 0 atom stereocenters. The van der Waals surface area contributed by atoms with E-state index in [2.05, 4.69) is 20.4 Å². The van der Waals surface area contributed by atoms with E-state index in [1.54, 1.807) is 20.8 Å². The lowest BCUT2D eigenvalue weighted by atomic mass is 10.1. The van der Waals surface area contributed by atoms with Crippen molar-refractivity contribution in [1.82, 2.24) is 25.2 Å². The van der Waals surface area contributed by atoms with Gasteiger partial charge >= 0.3 is 5.97 Å². The number of esters is 1. The fraction of sp³-hybridized carbons (Fsp3) is 0.278. The Morgan fingerprint density at radius 2 is 1.93 bits per heavy atom. The van der Waals surface area contributed by atoms with Crippen molar-refractivity contribution in [2.45, 2.75) is 27.3 Å². The van der Waals surface area contributed by atoms with Crippen LogP contribution in [-0.4, -0.2) is 43.6 Å². The average Bonchev–Trinajstić information content (AvgIpc) is 3.20. The van der Waals surface area contributed by atoms with Gasteiger partial charge in [0.25, 0.3) is 0 Å². The Hall–Kier alpha value is -3.36. The molecule has 1 N–H and O–H groups in total. The number of halogens is 1. The van der Waals surface area contributed by atoms with E-state index in [0.717, 1.165) is 4.80 Å². The lowest BCUT2D eigenvalue weighted by Crippen LogP contribution is -2.15. The SMILES string of the molecule is CCOC(=O)c1c(C)[nH]c(C(=O)Cn2nnc(-c3ccc(F)cc3)n2)c1C. The number of aromatic amines is 1. The first kappa shape index (κ1) is 18.4. The maximum absolute atomic E-state index is 13.0.